The largest absolute Gasteiger partial charge is 0.288 e. The summed E-state index contributed by atoms with van der Waals surface area (Å²) in [4.78, 5) is 9.48. The van der Waals surface area contributed by atoms with Crippen LogP contribution in [0.5, 0.6) is 0 Å². The molecule has 12 heteroatoms. The number of nitrogens with zero attached hydrogens (tertiary/aromatic N) is 1. The van der Waals surface area contributed by atoms with Crippen LogP contribution in [0.15, 0.2) is 12.2 Å². The van der Waals surface area contributed by atoms with Crippen LogP contribution < -0.4 is 5.32 Å². The molecule has 0 aromatic carbocycles. The van der Waals surface area contributed by atoms with Crippen molar-refractivity contribution in [2.24, 2.45) is 0 Å². The van der Waals surface area contributed by atoms with Crippen molar-refractivity contribution in [2.75, 3.05) is 0 Å². The highest BCUT2D eigenvalue weighted by molar-refractivity contribution is 7.87. The van der Waals surface area contributed by atoms with E-state index in [1.807, 2.05) is 0 Å². The molecule has 0 radical (unpaired) electrons. The number of hydrogen-bond donors (Lipinski definition) is 3. The molecule has 1 aliphatic rings. The van der Waals surface area contributed by atoms with E-state index in [4.69, 9.17) is 9.11 Å². The topological polar surface area (TPSA) is 164 Å². The Morgan fingerprint density at radius 1 is 1.12 bits per heavy atom. The van der Waals surface area contributed by atoms with Gasteiger partial charge >= 0.3 is 0 Å². The van der Waals surface area contributed by atoms with Crippen LogP contribution in [0.25, 0.3) is 0 Å². The van der Waals surface area contributed by atoms with E-state index >= 15 is 0 Å². The molecule has 0 fully saturated rings. The Balaban J connectivity index is 3.19. The molecule has 0 spiro atoms. The van der Waals surface area contributed by atoms with Gasteiger partial charge in [0, 0.05) is 4.92 Å². The third kappa shape index (κ3) is 3.19. The van der Waals surface area contributed by atoms with Gasteiger partial charge in [-0.25, -0.2) is 0 Å². The summed E-state index contributed by atoms with van der Waals surface area (Å²) < 4.78 is 60.6. The third-order valence-electron chi connectivity index (χ3n) is 2.01. The Hall–Kier alpha value is -1.08. The van der Waals surface area contributed by atoms with Gasteiger partial charge in [-0.2, -0.15) is 16.8 Å². The molecule has 0 aromatic heterocycles. The average molecular weight is 288 g/mol. The van der Waals surface area contributed by atoms with Gasteiger partial charge in [0.15, 0.2) is 5.37 Å². The van der Waals surface area contributed by atoms with Crippen molar-refractivity contribution in [3.8, 4) is 0 Å². The Kier molecular flexibility index (Phi) is 3.54. The molecule has 17 heavy (non-hydrogen) atoms. The van der Waals surface area contributed by atoms with Crippen LogP contribution in [0.4, 0.5) is 0 Å². The zero-order valence-electron chi connectivity index (χ0n) is 7.99. The Morgan fingerprint density at radius 2 is 1.65 bits per heavy atom. The Bertz CT molecular complexity index is 548. The fraction of sp³-hybridized carbons (Fsp3) is 0.600. The predicted molar refractivity (Wildman–Crippen MR) is 53.7 cm³/mol. The minimum absolute atomic E-state index is 0.674. The van der Waals surface area contributed by atoms with Gasteiger partial charge < -0.3 is 0 Å². The Morgan fingerprint density at radius 3 is 2.00 bits per heavy atom. The average Bonchev–Trinajstić information content (AvgIpc) is 2.14. The molecule has 3 N–H and O–H groups in total. The summed E-state index contributed by atoms with van der Waals surface area (Å²) in [6, 6.07) is -1.84. The summed E-state index contributed by atoms with van der Waals surface area (Å²) in [7, 11) is -9.56. The highest BCUT2D eigenvalue weighted by atomic mass is 32.2. The lowest BCUT2D eigenvalue weighted by Gasteiger charge is -2.24. The molecule has 1 heterocycles. The maximum atomic E-state index is 10.9. The van der Waals surface area contributed by atoms with Gasteiger partial charge in [-0.15, -0.1) is 0 Å². The van der Waals surface area contributed by atoms with E-state index < -0.39 is 41.9 Å². The molecule has 0 saturated carbocycles. The quantitative estimate of drug-likeness (QED) is 0.235. The monoisotopic (exact) mass is 288 g/mol. The smallest absolute Gasteiger partial charge is 0.284 e. The molecular weight excluding hydrogens is 280 g/mol. The summed E-state index contributed by atoms with van der Waals surface area (Å²) in [5.41, 5.74) is 0. The second-order valence-electron chi connectivity index (χ2n) is 3.20. The predicted octanol–water partition coefficient (Wildman–Crippen LogP) is -1.78. The molecule has 0 saturated heterocycles. The number of nitrogens with one attached hydrogen (secondary N) is 1. The van der Waals surface area contributed by atoms with Gasteiger partial charge in [0.2, 0.25) is 5.37 Å². The van der Waals surface area contributed by atoms with Crippen molar-refractivity contribution in [2.45, 2.75) is 16.8 Å². The van der Waals surface area contributed by atoms with E-state index in [9.17, 15) is 26.9 Å². The molecule has 1 aliphatic heterocycles. The zero-order chi connectivity index (χ0) is 13.4. The van der Waals surface area contributed by atoms with Gasteiger partial charge in [-0.1, -0.05) is 0 Å². The van der Waals surface area contributed by atoms with Crippen LogP contribution in [0, 0.1) is 10.1 Å². The number of hydrogen-bond acceptors (Lipinski definition) is 7. The molecule has 98 valence electrons. The minimum atomic E-state index is -4.89. The summed E-state index contributed by atoms with van der Waals surface area (Å²) in [6.45, 7) is 0. The first-order chi connectivity index (χ1) is 7.53. The van der Waals surface area contributed by atoms with E-state index in [1.54, 1.807) is 5.32 Å². The van der Waals surface area contributed by atoms with E-state index in [1.165, 1.54) is 0 Å². The minimum Gasteiger partial charge on any atom is -0.284 e. The maximum Gasteiger partial charge on any atom is 0.288 e. The molecular formula is C5H8N2O8S2. The fourth-order valence-corrected chi connectivity index (χ4v) is 2.82. The first kappa shape index (κ1) is 14.0. The van der Waals surface area contributed by atoms with Crippen molar-refractivity contribution in [3.05, 3.63) is 22.3 Å². The first-order valence-corrected chi connectivity index (χ1v) is 7.04. The highest BCUT2D eigenvalue weighted by Gasteiger charge is 2.44. The zero-order valence-corrected chi connectivity index (χ0v) is 9.63. The molecule has 0 aromatic rings. The van der Waals surface area contributed by atoms with Crippen molar-refractivity contribution in [1.82, 2.24) is 5.32 Å². The standard InChI is InChI=1S/C5H8N2O8S2/c8-7(9)3-1-2-4(16(10,11)12)6-5(3)17(13,14)15/h1-6H,(H,10,11,12)(H,13,14,15)/t3-,4?,5+/m1/s1. The van der Waals surface area contributed by atoms with Crippen molar-refractivity contribution >= 4 is 20.2 Å². The molecule has 10 nitrogen and oxygen atoms in total. The van der Waals surface area contributed by atoms with Gasteiger partial charge in [0.25, 0.3) is 26.3 Å². The van der Waals surface area contributed by atoms with Crippen molar-refractivity contribution < 1.29 is 30.9 Å². The summed E-state index contributed by atoms with van der Waals surface area (Å²) in [5, 5.41) is 8.28. The SMILES string of the molecule is O=[N+]([O-])[C@@H]1C=CC(S(=O)(=O)O)N[C@H]1S(=O)(=O)O. The van der Waals surface area contributed by atoms with Crippen molar-refractivity contribution in [1.29, 1.82) is 0 Å². The van der Waals surface area contributed by atoms with Gasteiger partial charge in [-0.05, 0) is 12.2 Å². The second kappa shape index (κ2) is 4.30. The molecule has 0 bridgehead atoms. The molecule has 1 unspecified atom stereocenters. The number of nitro groups is 1. The molecule has 0 amide bonds. The van der Waals surface area contributed by atoms with E-state index in [-0.39, 0.29) is 0 Å². The summed E-state index contributed by atoms with van der Waals surface area (Å²) in [5.74, 6) is 0. The van der Waals surface area contributed by atoms with Crippen LogP contribution in [0.1, 0.15) is 0 Å². The van der Waals surface area contributed by atoms with Crippen LogP contribution in [0.3, 0.4) is 0 Å². The van der Waals surface area contributed by atoms with Crippen molar-refractivity contribution in [3.63, 3.8) is 0 Å². The number of rotatable bonds is 3. The molecule has 1 rings (SSSR count). The van der Waals surface area contributed by atoms with Gasteiger partial charge in [0.05, 0.1) is 0 Å². The van der Waals surface area contributed by atoms with E-state index in [2.05, 4.69) is 0 Å². The lowest BCUT2D eigenvalue weighted by molar-refractivity contribution is -0.510. The first-order valence-electron chi connectivity index (χ1n) is 4.04. The Labute approximate surface area is 96.0 Å². The molecule has 0 aliphatic carbocycles. The van der Waals surface area contributed by atoms with Crippen LogP contribution in [-0.2, 0) is 20.2 Å². The third-order valence-corrected chi connectivity index (χ3v) is 4.00. The van der Waals surface area contributed by atoms with E-state index in [0.29, 0.717) is 6.08 Å². The van der Waals surface area contributed by atoms with Crippen LogP contribution in [-0.4, -0.2) is 47.7 Å². The normalized spacial score (nSPS) is 30.1. The van der Waals surface area contributed by atoms with Gasteiger partial charge in [0.1, 0.15) is 0 Å². The van der Waals surface area contributed by atoms with Gasteiger partial charge in [-0.3, -0.25) is 24.5 Å². The van der Waals surface area contributed by atoms with E-state index in [0.717, 1.165) is 6.08 Å². The van der Waals surface area contributed by atoms with Crippen LogP contribution in [0.2, 0.25) is 0 Å². The lowest BCUT2D eigenvalue weighted by atomic mass is 10.2. The fourth-order valence-electron chi connectivity index (χ4n) is 1.26. The highest BCUT2D eigenvalue weighted by Crippen LogP contribution is 2.15. The maximum absolute atomic E-state index is 10.9. The lowest BCUT2D eigenvalue weighted by Crippen LogP contribution is -2.56. The summed E-state index contributed by atoms with van der Waals surface area (Å²) in [6.07, 6.45) is 1.40. The molecule has 3 atom stereocenters. The second-order valence-corrected chi connectivity index (χ2v) is 6.27. The summed E-state index contributed by atoms with van der Waals surface area (Å²) >= 11 is 0. The van der Waals surface area contributed by atoms with Crippen LogP contribution >= 0.6 is 0 Å².